The van der Waals surface area contributed by atoms with E-state index in [0.29, 0.717) is 23.8 Å². The lowest BCUT2D eigenvalue weighted by atomic mass is 10.2. The van der Waals surface area contributed by atoms with Crippen LogP contribution in [0.15, 0.2) is 54.6 Å². The Labute approximate surface area is 147 Å². The van der Waals surface area contributed by atoms with Crippen molar-refractivity contribution in [1.82, 2.24) is 4.90 Å². The molecule has 4 nitrogen and oxygen atoms in total. The largest absolute Gasteiger partial charge is 0.399 e. The summed E-state index contributed by atoms with van der Waals surface area (Å²) in [5, 5.41) is 0.652. The second kappa shape index (κ2) is 7.41. The van der Waals surface area contributed by atoms with Gasteiger partial charge in [-0.15, -0.1) is 0 Å². The number of carbonyl (C=O) groups excluding carboxylic acids is 1. The van der Waals surface area contributed by atoms with Crippen molar-refractivity contribution in [2.45, 2.75) is 0 Å². The highest BCUT2D eigenvalue weighted by Crippen LogP contribution is 2.28. The number of hydrogen-bond donors (Lipinski definition) is 1. The van der Waals surface area contributed by atoms with Crippen LogP contribution in [0.25, 0.3) is 6.08 Å². The minimum atomic E-state index is 0.0434. The van der Waals surface area contributed by atoms with E-state index >= 15 is 0 Å². The van der Waals surface area contributed by atoms with E-state index in [-0.39, 0.29) is 5.91 Å². The van der Waals surface area contributed by atoms with Crippen LogP contribution in [0.1, 0.15) is 5.56 Å². The van der Waals surface area contributed by atoms with E-state index in [9.17, 15) is 4.79 Å². The van der Waals surface area contributed by atoms with Gasteiger partial charge in [-0.25, -0.2) is 0 Å². The molecule has 5 heteroatoms. The van der Waals surface area contributed by atoms with Crippen LogP contribution in [0.3, 0.4) is 0 Å². The minimum absolute atomic E-state index is 0.0434. The van der Waals surface area contributed by atoms with Crippen molar-refractivity contribution in [3.63, 3.8) is 0 Å². The van der Waals surface area contributed by atoms with Crippen molar-refractivity contribution in [2.75, 3.05) is 36.8 Å². The average Bonchev–Trinajstić information content (AvgIpc) is 2.61. The van der Waals surface area contributed by atoms with Gasteiger partial charge >= 0.3 is 0 Å². The number of carbonyl (C=O) groups is 1. The number of piperazine rings is 1. The molecule has 0 unspecified atom stereocenters. The molecule has 24 heavy (non-hydrogen) atoms. The number of anilines is 2. The molecular formula is C19H20ClN3O. The van der Waals surface area contributed by atoms with E-state index in [2.05, 4.69) is 4.90 Å². The molecule has 0 spiro atoms. The lowest BCUT2D eigenvalue weighted by Gasteiger charge is -2.36. The van der Waals surface area contributed by atoms with Crippen LogP contribution in [0, 0.1) is 0 Å². The molecule has 0 saturated carbocycles. The van der Waals surface area contributed by atoms with Crippen molar-refractivity contribution in [2.24, 2.45) is 0 Å². The van der Waals surface area contributed by atoms with E-state index in [1.165, 1.54) is 0 Å². The molecular weight excluding hydrogens is 322 g/mol. The van der Waals surface area contributed by atoms with Crippen LogP contribution < -0.4 is 10.6 Å². The van der Waals surface area contributed by atoms with E-state index in [1.54, 1.807) is 12.1 Å². The number of nitrogens with two attached hydrogens (primary N) is 1. The summed E-state index contributed by atoms with van der Waals surface area (Å²) in [6, 6.07) is 15.4. The fraction of sp³-hybridized carbons (Fsp3) is 0.211. The SMILES string of the molecule is Nc1ccc(N2CCN(C(=O)C=Cc3ccccc3)CC2)c(Cl)c1. The first kappa shape index (κ1) is 16.4. The molecule has 2 aromatic rings. The van der Waals surface area contributed by atoms with Gasteiger partial charge < -0.3 is 15.5 Å². The lowest BCUT2D eigenvalue weighted by molar-refractivity contribution is -0.126. The van der Waals surface area contributed by atoms with Gasteiger partial charge in [-0.3, -0.25) is 4.79 Å². The zero-order valence-corrected chi connectivity index (χ0v) is 14.1. The van der Waals surface area contributed by atoms with Crippen LogP contribution in [0.2, 0.25) is 5.02 Å². The van der Waals surface area contributed by atoms with Crippen LogP contribution in [-0.2, 0) is 4.79 Å². The molecule has 1 fully saturated rings. The van der Waals surface area contributed by atoms with Gasteiger partial charge in [-0.05, 0) is 29.8 Å². The Bertz CT molecular complexity index is 738. The molecule has 1 saturated heterocycles. The fourth-order valence-corrected chi connectivity index (χ4v) is 3.09. The van der Waals surface area contributed by atoms with Crippen LogP contribution >= 0.6 is 11.6 Å². The van der Waals surface area contributed by atoms with Gasteiger partial charge in [0, 0.05) is 37.9 Å². The first-order valence-corrected chi connectivity index (χ1v) is 8.33. The van der Waals surface area contributed by atoms with Gasteiger partial charge in [-0.1, -0.05) is 41.9 Å². The average molecular weight is 342 g/mol. The zero-order valence-electron chi connectivity index (χ0n) is 13.4. The predicted octanol–water partition coefficient (Wildman–Crippen LogP) is 3.28. The Morgan fingerprint density at radius 2 is 1.75 bits per heavy atom. The second-order valence-corrected chi connectivity index (χ2v) is 6.17. The quantitative estimate of drug-likeness (QED) is 0.688. The number of amides is 1. The van der Waals surface area contributed by atoms with Gasteiger partial charge in [0.25, 0.3) is 0 Å². The Kier molecular flexibility index (Phi) is 5.06. The standard InChI is InChI=1S/C19H20ClN3O/c20-17-14-16(21)7-8-18(17)22-10-12-23(13-11-22)19(24)9-6-15-4-2-1-3-5-15/h1-9,14H,10-13,21H2. The van der Waals surface area contributed by atoms with Gasteiger partial charge in [0.1, 0.15) is 0 Å². The minimum Gasteiger partial charge on any atom is -0.399 e. The molecule has 0 atom stereocenters. The fourth-order valence-electron chi connectivity index (χ4n) is 2.78. The van der Waals surface area contributed by atoms with Crippen molar-refractivity contribution in [1.29, 1.82) is 0 Å². The summed E-state index contributed by atoms with van der Waals surface area (Å²) in [4.78, 5) is 16.4. The maximum atomic E-state index is 12.3. The summed E-state index contributed by atoms with van der Waals surface area (Å²) in [5.41, 5.74) is 8.39. The third-order valence-corrected chi connectivity index (χ3v) is 4.42. The number of hydrogen-bond acceptors (Lipinski definition) is 3. The molecule has 1 aliphatic heterocycles. The molecule has 0 aromatic heterocycles. The Morgan fingerprint density at radius 1 is 1.04 bits per heavy atom. The maximum absolute atomic E-state index is 12.3. The number of halogens is 1. The third-order valence-electron chi connectivity index (χ3n) is 4.12. The number of nitrogens with zero attached hydrogens (tertiary/aromatic N) is 2. The Hall–Kier alpha value is -2.46. The maximum Gasteiger partial charge on any atom is 0.246 e. The van der Waals surface area contributed by atoms with Gasteiger partial charge in [0.15, 0.2) is 0 Å². The topological polar surface area (TPSA) is 49.6 Å². The van der Waals surface area contributed by atoms with Gasteiger partial charge in [-0.2, -0.15) is 0 Å². The molecule has 1 heterocycles. The highest BCUT2D eigenvalue weighted by Gasteiger charge is 2.21. The number of benzene rings is 2. The Morgan fingerprint density at radius 3 is 2.42 bits per heavy atom. The smallest absolute Gasteiger partial charge is 0.246 e. The second-order valence-electron chi connectivity index (χ2n) is 5.77. The van der Waals surface area contributed by atoms with Crippen LogP contribution in [-0.4, -0.2) is 37.0 Å². The summed E-state index contributed by atoms with van der Waals surface area (Å²) in [5.74, 6) is 0.0434. The third kappa shape index (κ3) is 3.89. The highest BCUT2D eigenvalue weighted by atomic mass is 35.5. The van der Waals surface area contributed by atoms with Crippen LogP contribution in [0.5, 0.6) is 0 Å². The number of rotatable bonds is 3. The normalized spacial score (nSPS) is 15.0. The van der Waals surface area contributed by atoms with Gasteiger partial charge in [0.2, 0.25) is 5.91 Å². The van der Waals surface area contributed by atoms with Crippen molar-refractivity contribution >= 4 is 35.0 Å². The van der Waals surface area contributed by atoms with E-state index in [0.717, 1.165) is 24.3 Å². The summed E-state index contributed by atoms with van der Waals surface area (Å²) in [7, 11) is 0. The van der Waals surface area contributed by atoms with Gasteiger partial charge in [0.05, 0.1) is 10.7 Å². The van der Waals surface area contributed by atoms with E-state index in [1.807, 2.05) is 53.4 Å². The molecule has 124 valence electrons. The highest BCUT2D eigenvalue weighted by molar-refractivity contribution is 6.33. The molecule has 0 aliphatic carbocycles. The molecule has 1 aliphatic rings. The molecule has 1 amide bonds. The van der Waals surface area contributed by atoms with E-state index < -0.39 is 0 Å². The molecule has 2 aromatic carbocycles. The monoisotopic (exact) mass is 341 g/mol. The Balaban J connectivity index is 1.58. The molecule has 0 radical (unpaired) electrons. The summed E-state index contributed by atoms with van der Waals surface area (Å²) in [6.45, 7) is 2.88. The molecule has 2 N–H and O–H groups in total. The summed E-state index contributed by atoms with van der Waals surface area (Å²) >= 11 is 6.27. The molecule has 0 bridgehead atoms. The van der Waals surface area contributed by atoms with Crippen molar-refractivity contribution < 1.29 is 4.79 Å². The first-order chi connectivity index (χ1) is 11.6. The summed E-state index contributed by atoms with van der Waals surface area (Å²) < 4.78 is 0. The van der Waals surface area contributed by atoms with Crippen molar-refractivity contribution in [3.05, 3.63) is 65.2 Å². The van der Waals surface area contributed by atoms with Crippen molar-refractivity contribution in [3.8, 4) is 0 Å². The predicted molar refractivity (Wildman–Crippen MR) is 100 cm³/mol. The zero-order chi connectivity index (χ0) is 16.9. The molecule has 3 rings (SSSR count). The van der Waals surface area contributed by atoms with Crippen LogP contribution in [0.4, 0.5) is 11.4 Å². The first-order valence-electron chi connectivity index (χ1n) is 7.95. The lowest BCUT2D eigenvalue weighted by Crippen LogP contribution is -2.48. The summed E-state index contributed by atoms with van der Waals surface area (Å²) in [6.07, 6.45) is 3.49. The number of nitrogen functional groups attached to an aromatic ring is 1. The van der Waals surface area contributed by atoms with E-state index in [4.69, 9.17) is 17.3 Å².